The Kier molecular flexibility index (Phi) is 4.31. The second-order valence-corrected chi connectivity index (χ2v) is 7.17. The number of aliphatic hydroxyl groups excluding tert-OH is 1. The average molecular weight is 358 g/mol. The lowest BCUT2D eigenvalue weighted by atomic mass is 9.71. The van der Waals surface area contributed by atoms with Crippen LogP contribution in [0.1, 0.15) is 35.4 Å². The molecule has 0 radical (unpaired) electrons. The van der Waals surface area contributed by atoms with Gasteiger partial charge in [-0.15, -0.1) is 0 Å². The zero-order valence-corrected chi connectivity index (χ0v) is 14.7. The number of hydrogen-bond donors (Lipinski definition) is 1. The number of carbonyl (C=O) groups is 1. The van der Waals surface area contributed by atoms with Gasteiger partial charge in [0.2, 0.25) is 5.95 Å². The van der Waals surface area contributed by atoms with Crippen molar-refractivity contribution in [2.24, 2.45) is 5.41 Å². The van der Waals surface area contributed by atoms with Gasteiger partial charge >= 0.3 is 0 Å². The van der Waals surface area contributed by atoms with Gasteiger partial charge in [-0.2, -0.15) is 0 Å². The molecule has 1 N–H and O–H groups in total. The number of hydrogen-bond acceptors (Lipinski definition) is 8. The summed E-state index contributed by atoms with van der Waals surface area (Å²) in [5.74, 6) is 0.474. The average Bonchev–Trinajstić information content (AvgIpc) is 3.10. The molecule has 1 spiro atoms. The Labute approximate surface area is 151 Å². The maximum absolute atomic E-state index is 12.8. The third kappa shape index (κ3) is 2.92. The number of rotatable bonds is 2. The zero-order valence-electron chi connectivity index (χ0n) is 14.7. The van der Waals surface area contributed by atoms with Crippen LogP contribution in [0.25, 0.3) is 0 Å². The van der Waals surface area contributed by atoms with Crippen molar-refractivity contribution in [1.29, 1.82) is 0 Å². The highest BCUT2D eigenvalue weighted by Gasteiger charge is 2.47. The molecule has 4 rings (SSSR count). The van der Waals surface area contributed by atoms with Crippen molar-refractivity contribution >= 4 is 11.9 Å². The Bertz CT molecular complexity index is 782. The molecular formula is C17H22N6O3. The Morgan fingerprint density at radius 2 is 2.08 bits per heavy atom. The van der Waals surface area contributed by atoms with Crippen molar-refractivity contribution in [2.75, 3.05) is 31.1 Å². The van der Waals surface area contributed by atoms with E-state index in [1.807, 2.05) is 0 Å². The van der Waals surface area contributed by atoms with Crippen molar-refractivity contribution in [3.05, 3.63) is 29.8 Å². The van der Waals surface area contributed by atoms with Gasteiger partial charge in [-0.05, 0) is 37.4 Å². The van der Waals surface area contributed by atoms with Crippen LogP contribution in [0.2, 0.25) is 0 Å². The lowest BCUT2D eigenvalue weighted by molar-refractivity contribution is -0.0365. The van der Waals surface area contributed by atoms with Gasteiger partial charge in [0.15, 0.2) is 5.69 Å². The summed E-state index contributed by atoms with van der Waals surface area (Å²) >= 11 is 0. The fraction of sp³-hybridized carbons (Fsp3) is 0.588. The van der Waals surface area contributed by atoms with Gasteiger partial charge in [0.25, 0.3) is 5.91 Å². The van der Waals surface area contributed by atoms with E-state index in [1.165, 1.54) is 0 Å². The predicted octanol–water partition coefficient (Wildman–Crippen LogP) is 0.662. The maximum atomic E-state index is 12.8. The molecule has 138 valence electrons. The Morgan fingerprint density at radius 3 is 2.81 bits per heavy atom. The number of nitrogens with zero attached hydrogens (tertiary/aromatic N) is 6. The summed E-state index contributed by atoms with van der Waals surface area (Å²) in [5.41, 5.74) is 0.338. The third-order valence-corrected chi connectivity index (χ3v) is 5.47. The minimum atomic E-state index is -0.463. The summed E-state index contributed by atoms with van der Waals surface area (Å²) in [6.07, 6.45) is 5.29. The van der Waals surface area contributed by atoms with E-state index in [9.17, 15) is 9.90 Å². The van der Waals surface area contributed by atoms with E-state index in [1.54, 1.807) is 30.3 Å². The number of amides is 1. The zero-order chi connectivity index (χ0) is 18.1. The van der Waals surface area contributed by atoms with Gasteiger partial charge in [-0.25, -0.2) is 14.6 Å². The lowest BCUT2D eigenvalue weighted by Gasteiger charge is -2.50. The highest BCUT2D eigenvalue weighted by Crippen LogP contribution is 2.39. The van der Waals surface area contributed by atoms with E-state index in [-0.39, 0.29) is 11.6 Å². The molecule has 1 amide bonds. The molecule has 0 saturated carbocycles. The molecule has 0 aliphatic carbocycles. The molecule has 9 nitrogen and oxygen atoms in total. The molecule has 0 aromatic carbocycles. The van der Waals surface area contributed by atoms with Gasteiger partial charge in [-0.1, -0.05) is 5.16 Å². The van der Waals surface area contributed by atoms with Crippen LogP contribution in [0.4, 0.5) is 5.95 Å². The van der Waals surface area contributed by atoms with Gasteiger partial charge in [0, 0.05) is 44.0 Å². The summed E-state index contributed by atoms with van der Waals surface area (Å²) in [4.78, 5) is 25.3. The molecule has 2 saturated heterocycles. The number of likely N-dealkylation sites (tertiary alicyclic amines) is 1. The van der Waals surface area contributed by atoms with Gasteiger partial charge in [0.05, 0.1) is 6.10 Å². The van der Waals surface area contributed by atoms with E-state index in [0.717, 1.165) is 12.8 Å². The minimum absolute atomic E-state index is 0.192. The second-order valence-electron chi connectivity index (χ2n) is 7.17. The number of aromatic nitrogens is 4. The first-order valence-corrected chi connectivity index (χ1v) is 8.87. The first kappa shape index (κ1) is 16.9. The molecule has 0 bridgehead atoms. The topological polar surface area (TPSA) is 108 Å². The molecule has 2 fully saturated rings. The highest BCUT2D eigenvalue weighted by atomic mass is 16.6. The van der Waals surface area contributed by atoms with Crippen LogP contribution in [-0.2, 0) is 0 Å². The SMILES string of the molecule is Cc1nonc1C(=O)N1CCC[C@]2(C1)CN(c1ncccn1)CC[C@H]2O. The molecule has 2 aliphatic rings. The highest BCUT2D eigenvalue weighted by molar-refractivity contribution is 5.93. The van der Waals surface area contributed by atoms with Crippen LogP contribution in [0, 0.1) is 12.3 Å². The summed E-state index contributed by atoms with van der Waals surface area (Å²) in [7, 11) is 0. The molecule has 0 unspecified atom stereocenters. The Morgan fingerprint density at radius 1 is 1.27 bits per heavy atom. The molecule has 2 aromatic heterocycles. The van der Waals surface area contributed by atoms with Gasteiger partial charge in [0.1, 0.15) is 5.69 Å². The number of anilines is 1. The van der Waals surface area contributed by atoms with Crippen LogP contribution in [0.3, 0.4) is 0 Å². The first-order valence-electron chi connectivity index (χ1n) is 8.87. The normalized spacial score (nSPS) is 26.3. The molecule has 4 heterocycles. The van der Waals surface area contributed by atoms with E-state index in [0.29, 0.717) is 44.2 Å². The van der Waals surface area contributed by atoms with Gasteiger partial charge in [-0.3, -0.25) is 4.79 Å². The van der Waals surface area contributed by atoms with E-state index >= 15 is 0 Å². The molecule has 2 atom stereocenters. The fourth-order valence-corrected chi connectivity index (χ4v) is 4.08. The molecular weight excluding hydrogens is 336 g/mol. The summed E-state index contributed by atoms with van der Waals surface area (Å²) in [6, 6.07) is 1.79. The third-order valence-electron chi connectivity index (χ3n) is 5.47. The number of carbonyl (C=O) groups excluding carboxylic acids is 1. The van der Waals surface area contributed by atoms with Crippen molar-refractivity contribution in [3.8, 4) is 0 Å². The maximum Gasteiger partial charge on any atom is 0.278 e. The van der Waals surface area contributed by atoms with E-state index in [2.05, 4.69) is 29.8 Å². The van der Waals surface area contributed by atoms with Crippen LogP contribution in [-0.4, -0.2) is 68.5 Å². The van der Waals surface area contributed by atoms with E-state index < -0.39 is 11.5 Å². The minimum Gasteiger partial charge on any atom is -0.392 e. The van der Waals surface area contributed by atoms with Crippen molar-refractivity contribution in [1.82, 2.24) is 25.2 Å². The van der Waals surface area contributed by atoms with E-state index in [4.69, 9.17) is 0 Å². The number of piperidine rings is 2. The molecule has 9 heteroatoms. The largest absolute Gasteiger partial charge is 0.392 e. The Hall–Kier alpha value is -2.55. The molecule has 26 heavy (non-hydrogen) atoms. The molecule has 2 aliphatic heterocycles. The number of aryl methyl sites for hydroxylation is 1. The van der Waals surface area contributed by atoms with Crippen LogP contribution >= 0.6 is 0 Å². The second kappa shape index (κ2) is 6.64. The standard InChI is InChI=1S/C17H22N6O3/c1-12-14(21-26-20-12)15(25)22-8-2-5-17(10-22)11-23(9-4-13(17)24)16-18-6-3-7-19-16/h3,6-7,13,24H,2,4-5,8-11H2,1H3/t13-,17+/m1/s1. The predicted molar refractivity (Wildman–Crippen MR) is 91.5 cm³/mol. The first-order chi connectivity index (χ1) is 12.6. The van der Waals surface area contributed by atoms with Crippen LogP contribution in [0.5, 0.6) is 0 Å². The smallest absolute Gasteiger partial charge is 0.278 e. The fourth-order valence-electron chi connectivity index (χ4n) is 4.08. The van der Waals surface area contributed by atoms with Crippen molar-refractivity contribution in [3.63, 3.8) is 0 Å². The van der Waals surface area contributed by atoms with Crippen molar-refractivity contribution < 1.29 is 14.5 Å². The Balaban J connectivity index is 1.56. The lowest BCUT2D eigenvalue weighted by Crippen LogP contribution is -2.60. The quantitative estimate of drug-likeness (QED) is 0.834. The number of aliphatic hydroxyl groups is 1. The van der Waals surface area contributed by atoms with Gasteiger partial charge < -0.3 is 14.9 Å². The summed E-state index contributed by atoms with van der Waals surface area (Å²) in [6.45, 7) is 4.14. The monoisotopic (exact) mass is 358 g/mol. The van der Waals surface area contributed by atoms with Crippen LogP contribution < -0.4 is 4.90 Å². The summed E-state index contributed by atoms with van der Waals surface area (Å²) < 4.78 is 4.67. The van der Waals surface area contributed by atoms with Crippen LogP contribution in [0.15, 0.2) is 23.1 Å². The summed E-state index contributed by atoms with van der Waals surface area (Å²) in [5, 5.41) is 18.2. The van der Waals surface area contributed by atoms with Crippen molar-refractivity contribution in [2.45, 2.75) is 32.3 Å². The molecule has 2 aromatic rings.